The number of nitrogens with zero attached hydrogens (tertiary/aromatic N) is 3. The Balaban J connectivity index is 1.40. The number of rotatable bonds is 5. The van der Waals surface area contributed by atoms with E-state index >= 15 is 0 Å². The summed E-state index contributed by atoms with van der Waals surface area (Å²) in [5.74, 6) is -0.576. The molecule has 0 saturated carbocycles. The minimum absolute atomic E-state index is 0.0882. The van der Waals surface area contributed by atoms with Crippen molar-refractivity contribution in [3.8, 4) is 5.69 Å². The number of hydrogen-bond donors (Lipinski definition) is 0. The molecule has 0 bridgehead atoms. The van der Waals surface area contributed by atoms with Crippen molar-refractivity contribution in [3.05, 3.63) is 82.7 Å². The maximum absolute atomic E-state index is 12.9. The predicted octanol–water partition coefficient (Wildman–Crippen LogP) is 3.55. The molecule has 1 aliphatic rings. The summed E-state index contributed by atoms with van der Waals surface area (Å²) in [6.45, 7) is 6.66. The fourth-order valence-corrected chi connectivity index (χ4v) is 4.13. The number of carbonyl (C=O) groups excluding carboxylic acids is 2. The van der Waals surface area contributed by atoms with E-state index in [1.807, 2.05) is 67.1 Å². The van der Waals surface area contributed by atoms with E-state index in [2.05, 4.69) is 11.2 Å². The van der Waals surface area contributed by atoms with Crippen LogP contribution in [0, 0.1) is 13.8 Å². The minimum Gasteiger partial charge on any atom is -0.452 e. The van der Waals surface area contributed by atoms with Gasteiger partial charge in [-0.1, -0.05) is 42.5 Å². The second-order valence-electron chi connectivity index (χ2n) is 7.98. The van der Waals surface area contributed by atoms with Crippen LogP contribution in [0.3, 0.4) is 0 Å². The summed E-state index contributed by atoms with van der Waals surface area (Å²) in [4.78, 5) is 27.2. The molecule has 4 rings (SSSR count). The first-order valence-electron chi connectivity index (χ1n) is 10.6. The highest BCUT2D eigenvalue weighted by molar-refractivity contribution is 5.84. The first kappa shape index (κ1) is 20.8. The van der Waals surface area contributed by atoms with E-state index in [1.165, 1.54) is 5.56 Å². The number of esters is 1. The van der Waals surface area contributed by atoms with Crippen LogP contribution in [0.25, 0.3) is 5.69 Å². The summed E-state index contributed by atoms with van der Waals surface area (Å²) in [5.41, 5.74) is 5.88. The molecule has 1 aromatic heterocycles. The molecule has 6 nitrogen and oxygen atoms in total. The normalized spacial score (nSPS) is 14.1. The Morgan fingerprint density at radius 2 is 1.71 bits per heavy atom. The van der Waals surface area contributed by atoms with Gasteiger partial charge in [0.25, 0.3) is 5.91 Å². The lowest BCUT2D eigenvalue weighted by molar-refractivity contribution is -0.159. The molecular weight excluding hydrogens is 390 g/mol. The van der Waals surface area contributed by atoms with Gasteiger partial charge in [-0.2, -0.15) is 5.10 Å². The van der Waals surface area contributed by atoms with E-state index in [9.17, 15) is 9.59 Å². The summed E-state index contributed by atoms with van der Waals surface area (Å²) in [5, 5.41) is 4.58. The van der Waals surface area contributed by atoms with Crippen molar-refractivity contribution in [1.82, 2.24) is 14.7 Å². The van der Waals surface area contributed by atoms with Crippen LogP contribution in [0.15, 0.2) is 54.6 Å². The van der Waals surface area contributed by atoms with Gasteiger partial charge in [-0.25, -0.2) is 4.68 Å². The van der Waals surface area contributed by atoms with Gasteiger partial charge in [-0.3, -0.25) is 9.59 Å². The fourth-order valence-electron chi connectivity index (χ4n) is 4.13. The Hall–Kier alpha value is -3.41. The van der Waals surface area contributed by atoms with Gasteiger partial charge in [0.1, 0.15) is 0 Å². The zero-order chi connectivity index (χ0) is 22.0. The summed E-state index contributed by atoms with van der Waals surface area (Å²) in [6, 6.07) is 17.9. The van der Waals surface area contributed by atoms with E-state index in [1.54, 1.807) is 11.8 Å². The lowest BCUT2D eigenvalue weighted by Crippen LogP contribution is -2.42. The molecule has 1 aliphatic heterocycles. The van der Waals surface area contributed by atoms with Crippen molar-refractivity contribution in [2.45, 2.75) is 46.3 Å². The SMILES string of the molecule is Cc1nn(-c2ccccc2)c(C)c1CC(=O)O[C@@H](C)C(=O)N1CCc2ccccc2C1. The van der Waals surface area contributed by atoms with E-state index < -0.39 is 12.1 Å². The lowest BCUT2D eigenvalue weighted by atomic mass is 9.99. The van der Waals surface area contributed by atoms with Crippen molar-refractivity contribution in [2.75, 3.05) is 6.54 Å². The number of hydrogen-bond acceptors (Lipinski definition) is 4. The van der Waals surface area contributed by atoms with Crippen LogP contribution in [-0.2, 0) is 33.7 Å². The summed E-state index contributed by atoms with van der Waals surface area (Å²) in [6.07, 6.45) is 0.0902. The molecule has 0 N–H and O–H groups in total. The third-order valence-electron chi connectivity index (χ3n) is 5.86. The van der Waals surface area contributed by atoms with Crippen LogP contribution in [0.2, 0.25) is 0 Å². The summed E-state index contributed by atoms with van der Waals surface area (Å²) >= 11 is 0. The van der Waals surface area contributed by atoms with Crippen LogP contribution in [0.5, 0.6) is 0 Å². The van der Waals surface area contributed by atoms with E-state index in [0.717, 1.165) is 34.6 Å². The van der Waals surface area contributed by atoms with Gasteiger partial charge in [0.2, 0.25) is 0 Å². The number of carbonyl (C=O) groups is 2. The van der Waals surface area contributed by atoms with Gasteiger partial charge < -0.3 is 9.64 Å². The highest BCUT2D eigenvalue weighted by Crippen LogP contribution is 2.21. The Morgan fingerprint density at radius 1 is 1.03 bits per heavy atom. The second kappa shape index (κ2) is 8.76. The zero-order valence-corrected chi connectivity index (χ0v) is 18.2. The van der Waals surface area contributed by atoms with Crippen LogP contribution >= 0.6 is 0 Å². The summed E-state index contributed by atoms with van der Waals surface area (Å²) < 4.78 is 7.35. The van der Waals surface area contributed by atoms with Crippen LogP contribution in [0.1, 0.15) is 35.0 Å². The molecular formula is C25H27N3O3. The molecule has 0 fully saturated rings. The number of benzene rings is 2. The number of para-hydroxylation sites is 1. The topological polar surface area (TPSA) is 64.4 Å². The Bertz CT molecular complexity index is 1100. The van der Waals surface area contributed by atoms with Crippen LogP contribution in [0.4, 0.5) is 0 Å². The molecule has 0 spiro atoms. The molecule has 0 unspecified atom stereocenters. The Labute approximate surface area is 182 Å². The van der Waals surface area contributed by atoms with Gasteiger partial charge in [0.05, 0.1) is 17.8 Å². The highest BCUT2D eigenvalue weighted by Gasteiger charge is 2.27. The number of ether oxygens (including phenoxy) is 1. The Morgan fingerprint density at radius 3 is 2.45 bits per heavy atom. The molecule has 1 amide bonds. The fraction of sp³-hybridized carbons (Fsp3) is 0.320. The van der Waals surface area contributed by atoms with E-state index in [-0.39, 0.29) is 12.3 Å². The number of aromatic nitrogens is 2. The van der Waals surface area contributed by atoms with Crippen molar-refractivity contribution in [1.29, 1.82) is 0 Å². The first-order chi connectivity index (χ1) is 14.9. The van der Waals surface area contributed by atoms with Gasteiger partial charge in [0, 0.05) is 24.3 Å². The average Bonchev–Trinajstić information content (AvgIpc) is 3.07. The zero-order valence-electron chi connectivity index (χ0n) is 18.2. The largest absolute Gasteiger partial charge is 0.452 e. The molecule has 1 atom stereocenters. The van der Waals surface area contributed by atoms with Gasteiger partial charge in [-0.15, -0.1) is 0 Å². The van der Waals surface area contributed by atoms with Crippen LogP contribution in [-0.4, -0.2) is 39.2 Å². The van der Waals surface area contributed by atoms with Crippen molar-refractivity contribution in [3.63, 3.8) is 0 Å². The molecule has 0 saturated heterocycles. The van der Waals surface area contributed by atoms with Gasteiger partial charge in [0.15, 0.2) is 6.10 Å². The number of aryl methyl sites for hydroxylation is 1. The molecule has 0 radical (unpaired) electrons. The third kappa shape index (κ3) is 4.38. The van der Waals surface area contributed by atoms with Gasteiger partial charge >= 0.3 is 5.97 Å². The molecule has 0 aliphatic carbocycles. The predicted molar refractivity (Wildman–Crippen MR) is 118 cm³/mol. The molecule has 3 aromatic rings. The summed E-state index contributed by atoms with van der Waals surface area (Å²) in [7, 11) is 0. The van der Waals surface area contributed by atoms with Gasteiger partial charge in [-0.05, 0) is 50.5 Å². The standard InChI is InChI=1S/C25H27N3O3/c1-17-23(18(2)28(26-17)22-11-5-4-6-12-22)15-24(29)31-19(3)25(30)27-14-13-20-9-7-8-10-21(20)16-27/h4-12,19H,13-16H2,1-3H3/t19-/m0/s1. The molecule has 6 heteroatoms. The minimum atomic E-state index is -0.817. The number of fused-ring (bicyclic) bond motifs is 1. The third-order valence-corrected chi connectivity index (χ3v) is 5.86. The highest BCUT2D eigenvalue weighted by atomic mass is 16.5. The molecule has 160 valence electrons. The first-order valence-corrected chi connectivity index (χ1v) is 10.6. The quantitative estimate of drug-likeness (QED) is 0.596. The Kier molecular flexibility index (Phi) is 5.89. The molecule has 2 heterocycles. The van der Waals surface area contributed by atoms with Crippen molar-refractivity contribution < 1.29 is 14.3 Å². The van der Waals surface area contributed by atoms with Crippen molar-refractivity contribution >= 4 is 11.9 Å². The second-order valence-corrected chi connectivity index (χ2v) is 7.98. The van der Waals surface area contributed by atoms with Crippen molar-refractivity contribution in [2.24, 2.45) is 0 Å². The van der Waals surface area contributed by atoms with E-state index in [4.69, 9.17) is 4.74 Å². The molecule has 31 heavy (non-hydrogen) atoms. The van der Waals surface area contributed by atoms with Crippen LogP contribution < -0.4 is 0 Å². The maximum Gasteiger partial charge on any atom is 0.311 e. The average molecular weight is 418 g/mol. The number of amides is 1. The monoisotopic (exact) mass is 417 g/mol. The van der Waals surface area contributed by atoms with E-state index in [0.29, 0.717) is 13.1 Å². The smallest absolute Gasteiger partial charge is 0.311 e. The lowest BCUT2D eigenvalue weighted by Gasteiger charge is -2.30. The maximum atomic E-state index is 12.9. The molecule has 2 aromatic carbocycles.